The fraction of sp³-hybridized carbons (Fsp3) is 0.500. The van der Waals surface area contributed by atoms with Crippen LogP contribution in [0.4, 0.5) is 0 Å². The Kier molecular flexibility index (Phi) is 7.06. The molecule has 2 aromatic rings. The van der Waals surface area contributed by atoms with E-state index in [-0.39, 0.29) is 17.4 Å². The summed E-state index contributed by atoms with van der Waals surface area (Å²) < 4.78 is 0. The van der Waals surface area contributed by atoms with Gasteiger partial charge >= 0.3 is 0 Å². The van der Waals surface area contributed by atoms with Gasteiger partial charge in [-0.25, -0.2) is 0 Å². The van der Waals surface area contributed by atoms with Crippen molar-refractivity contribution in [3.05, 3.63) is 71.8 Å². The lowest BCUT2D eigenvalue weighted by Gasteiger charge is -2.45. The molecule has 3 N–H and O–H groups in total. The predicted octanol–water partition coefficient (Wildman–Crippen LogP) is 5.03. The average molecular weight is 447 g/mol. The molecule has 2 aromatic carbocycles. The third kappa shape index (κ3) is 4.50. The first-order chi connectivity index (χ1) is 16.0. The smallest absolute Gasteiger partial charge is 0.223 e. The van der Waals surface area contributed by atoms with E-state index in [1.807, 2.05) is 12.1 Å². The van der Waals surface area contributed by atoms with Crippen LogP contribution in [0, 0.1) is 11.3 Å². The van der Waals surface area contributed by atoms with Crippen LogP contribution in [0.2, 0.25) is 0 Å². The van der Waals surface area contributed by atoms with Gasteiger partial charge in [0, 0.05) is 19.0 Å². The number of hydrogen-bond donors (Lipinski definition) is 3. The topological polar surface area (TPSA) is 68.2 Å². The normalized spacial score (nSPS) is 19.8. The summed E-state index contributed by atoms with van der Waals surface area (Å²) in [6.07, 6.45) is 7.56. The first-order valence-electron chi connectivity index (χ1n) is 12.5. The van der Waals surface area contributed by atoms with E-state index in [2.05, 4.69) is 77.9 Å². The summed E-state index contributed by atoms with van der Waals surface area (Å²) in [6, 6.07) is 21.0. The van der Waals surface area contributed by atoms with E-state index in [9.17, 15) is 4.79 Å². The molecule has 5 heteroatoms. The van der Waals surface area contributed by atoms with Crippen molar-refractivity contribution in [2.24, 2.45) is 5.92 Å². The van der Waals surface area contributed by atoms with Gasteiger partial charge in [-0.05, 0) is 50.7 Å². The second-order valence-corrected chi connectivity index (χ2v) is 10.00. The van der Waals surface area contributed by atoms with Crippen LogP contribution in [0.1, 0.15) is 69.9 Å². The summed E-state index contributed by atoms with van der Waals surface area (Å²) in [5.74, 6) is 0.905. The van der Waals surface area contributed by atoms with Crippen LogP contribution in [0.15, 0.2) is 60.7 Å². The van der Waals surface area contributed by atoms with E-state index in [4.69, 9.17) is 5.41 Å². The minimum Gasteiger partial charge on any atom is -0.356 e. The highest BCUT2D eigenvalue weighted by atomic mass is 16.1. The molecule has 176 valence electrons. The zero-order chi connectivity index (χ0) is 23.3. The summed E-state index contributed by atoms with van der Waals surface area (Å²) in [6.45, 7) is 5.95. The molecular weight excluding hydrogens is 408 g/mol. The number of unbranched alkanes of at least 4 members (excludes halogenated alkanes) is 1. The van der Waals surface area contributed by atoms with Gasteiger partial charge in [-0.3, -0.25) is 10.2 Å². The number of benzene rings is 2. The summed E-state index contributed by atoms with van der Waals surface area (Å²) >= 11 is 0. The number of hydrogen-bond acceptors (Lipinski definition) is 2. The van der Waals surface area contributed by atoms with Gasteiger partial charge in [-0.2, -0.15) is 0 Å². The molecule has 1 saturated carbocycles. The second kappa shape index (κ2) is 9.98. The maximum absolute atomic E-state index is 12.4. The Morgan fingerprint density at radius 3 is 2.12 bits per heavy atom. The Bertz CT molecular complexity index is 895. The zero-order valence-electron chi connectivity index (χ0n) is 20.1. The Morgan fingerprint density at radius 1 is 0.970 bits per heavy atom. The van der Waals surface area contributed by atoms with Gasteiger partial charge in [-0.15, -0.1) is 0 Å². The van der Waals surface area contributed by atoms with Crippen molar-refractivity contribution in [3.8, 4) is 0 Å². The van der Waals surface area contributed by atoms with Crippen molar-refractivity contribution in [2.45, 2.75) is 69.9 Å². The van der Waals surface area contributed by atoms with Crippen LogP contribution in [-0.2, 0) is 10.3 Å². The number of carbonyl (C=O) groups is 1. The van der Waals surface area contributed by atoms with Gasteiger partial charge in [0.1, 0.15) is 5.54 Å². The lowest BCUT2D eigenvalue weighted by atomic mass is 9.70. The fourth-order valence-corrected chi connectivity index (χ4v) is 5.78. The molecule has 2 aliphatic rings. The van der Waals surface area contributed by atoms with E-state index >= 15 is 0 Å². The number of carbonyl (C=O) groups excluding carboxylic acids is 1. The van der Waals surface area contributed by atoms with Crippen LogP contribution in [0.5, 0.6) is 0 Å². The molecule has 1 saturated heterocycles. The van der Waals surface area contributed by atoms with Crippen LogP contribution in [0.3, 0.4) is 0 Å². The molecule has 2 fully saturated rings. The quantitative estimate of drug-likeness (QED) is 0.499. The molecule has 0 atom stereocenters. The molecule has 0 unspecified atom stereocenters. The Labute approximate surface area is 198 Å². The molecule has 0 radical (unpaired) electrons. The van der Waals surface area contributed by atoms with Crippen LogP contribution in [-0.4, -0.2) is 35.4 Å². The van der Waals surface area contributed by atoms with Crippen molar-refractivity contribution >= 4 is 11.9 Å². The van der Waals surface area contributed by atoms with E-state index in [1.54, 1.807) is 0 Å². The summed E-state index contributed by atoms with van der Waals surface area (Å²) in [5.41, 5.74) is 1.46. The lowest BCUT2D eigenvalue weighted by molar-refractivity contribution is -0.125. The van der Waals surface area contributed by atoms with Crippen molar-refractivity contribution in [2.75, 3.05) is 13.1 Å². The van der Waals surface area contributed by atoms with Crippen LogP contribution >= 0.6 is 0 Å². The highest BCUT2D eigenvalue weighted by molar-refractivity contribution is 5.84. The van der Waals surface area contributed by atoms with Gasteiger partial charge < -0.3 is 15.5 Å². The molecule has 33 heavy (non-hydrogen) atoms. The molecule has 1 amide bonds. The first-order valence-corrected chi connectivity index (χ1v) is 12.5. The molecule has 0 aromatic heterocycles. The second-order valence-electron chi connectivity index (χ2n) is 10.00. The van der Waals surface area contributed by atoms with Gasteiger partial charge in [0.2, 0.25) is 5.91 Å². The monoisotopic (exact) mass is 446 g/mol. The number of guanidine groups is 1. The fourth-order valence-electron chi connectivity index (χ4n) is 5.78. The van der Waals surface area contributed by atoms with Crippen molar-refractivity contribution in [1.82, 2.24) is 15.5 Å². The first kappa shape index (κ1) is 23.3. The minimum absolute atomic E-state index is 0.214. The van der Waals surface area contributed by atoms with Gasteiger partial charge in [-0.1, -0.05) is 79.9 Å². The van der Waals surface area contributed by atoms with Crippen molar-refractivity contribution in [3.63, 3.8) is 0 Å². The SMILES string of the molecule is CC1(C)N(CCCCNC(=O)C2CCCCC2)C(=N)NC1(c1ccccc1)c1ccccc1. The van der Waals surface area contributed by atoms with Crippen LogP contribution in [0.25, 0.3) is 0 Å². The standard InChI is InChI=1S/C28H38N4O/c1-27(2)28(23-16-8-4-9-17-23,24-18-10-5-11-19-24)31-26(29)32(27)21-13-12-20-30-25(33)22-14-6-3-7-15-22/h4-5,8-11,16-19,22H,3,6-7,12-15,20-21H2,1-2H3,(H2,29,31)(H,30,33). The predicted molar refractivity (Wildman–Crippen MR) is 134 cm³/mol. The van der Waals surface area contributed by atoms with E-state index in [0.29, 0.717) is 12.5 Å². The molecule has 1 aliphatic carbocycles. The highest BCUT2D eigenvalue weighted by Gasteiger charge is 2.57. The number of rotatable bonds is 8. The van der Waals surface area contributed by atoms with E-state index in [1.165, 1.54) is 19.3 Å². The number of nitrogens with zero attached hydrogens (tertiary/aromatic N) is 1. The van der Waals surface area contributed by atoms with Gasteiger partial charge in [0.05, 0.1) is 5.54 Å². The molecular formula is C28H38N4O. The van der Waals surface area contributed by atoms with E-state index in [0.717, 1.165) is 43.4 Å². The average Bonchev–Trinajstić information content (AvgIpc) is 3.06. The molecule has 0 spiro atoms. The van der Waals surface area contributed by atoms with Gasteiger partial charge in [0.25, 0.3) is 0 Å². The summed E-state index contributed by atoms with van der Waals surface area (Å²) in [4.78, 5) is 14.6. The molecule has 1 heterocycles. The molecule has 4 rings (SSSR count). The third-order valence-electron chi connectivity index (χ3n) is 7.67. The molecule has 5 nitrogen and oxygen atoms in total. The maximum atomic E-state index is 12.4. The highest BCUT2D eigenvalue weighted by Crippen LogP contribution is 2.46. The summed E-state index contributed by atoms with van der Waals surface area (Å²) in [7, 11) is 0. The lowest BCUT2D eigenvalue weighted by Crippen LogP contribution is -2.55. The van der Waals surface area contributed by atoms with Gasteiger partial charge in [0.15, 0.2) is 5.96 Å². The minimum atomic E-state index is -0.512. The number of nitrogens with one attached hydrogen (secondary N) is 3. The molecule has 0 bridgehead atoms. The van der Waals surface area contributed by atoms with E-state index < -0.39 is 5.54 Å². The molecule has 1 aliphatic heterocycles. The summed E-state index contributed by atoms with van der Waals surface area (Å²) in [5, 5.41) is 15.6. The Balaban J connectivity index is 1.43. The number of amides is 1. The zero-order valence-corrected chi connectivity index (χ0v) is 20.1. The third-order valence-corrected chi connectivity index (χ3v) is 7.67. The Hall–Kier alpha value is -2.82. The largest absolute Gasteiger partial charge is 0.356 e. The van der Waals surface area contributed by atoms with Crippen molar-refractivity contribution in [1.29, 1.82) is 5.41 Å². The maximum Gasteiger partial charge on any atom is 0.223 e. The Morgan fingerprint density at radius 2 is 1.55 bits per heavy atom. The van der Waals surface area contributed by atoms with Crippen molar-refractivity contribution < 1.29 is 4.79 Å². The van der Waals surface area contributed by atoms with Crippen LogP contribution < -0.4 is 10.6 Å².